The van der Waals surface area contributed by atoms with Crippen LogP contribution in [-0.4, -0.2) is 25.8 Å². The lowest BCUT2D eigenvalue weighted by Gasteiger charge is -2.29. The monoisotopic (exact) mass is 211 g/mol. The first kappa shape index (κ1) is 11.4. The lowest BCUT2D eigenvalue weighted by Crippen LogP contribution is -2.42. The van der Waals surface area contributed by atoms with Crippen LogP contribution in [0.5, 0.6) is 0 Å². The number of rotatable bonds is 6. The fourth-order valence-electron chi connectivity index (χ4n) is 2.84. The van der Waals surface area contributed by atoms with Crippen molar-refractivity contribution in [2.45, 2.75) is 45.6 Å². The van der Waals surface area contributed by atoms with Gasteiger partial charge in [0.15, 0.2) is 0 Å². The van der Waals surface area contributed by atoms with Gasteiger partial charge in [-0.15, -0.1) is 0 Å². The smallest absolute Gasteiger partial charge is 0.0510 e. The molecule has 0 aromatic heterocycles. The van der Waals surface area contributed by atoms with Gasteiger partial charge in [0.05, 0.1) is 6.61 Å². The van der Waals surface area contributed by atoms with E-state index in [1.165, 1.54) is 25.7 Å². The summed E-state index contributed by atoms with van der Waals surface area (Å²) in [5.41, 5.74) is 0. The standard InChI is InChI=1S/C13H25NO/c1-3-7-14-13(10(2)11-4-5-11)12-6-8-15-9-12/h10-14H,3-9H2,1-2H3. The first-order valence-electron chi connectivity index (χ1n) is 6.64. The Balaban J connectivity index is 1.87. The van der Waals surface area contributed by atoms with Crippen LogP contribution >= 0.6 is 0 Å². The van der Waals surface area contributed by atoms with Crippen LogP contribution in [0.2, 0.25) is 0 Å². The molecule has 88 valence electrons. The number of hydrogen-bond acceptors (Lipinski definition) is 2. The molecule has 0 amide bonds. The second-order valence-electron chi connectivity index (χ2n) is 5.30. The lowest BCUT2D eigenvalue weighted by molar-refractivity contribution is 0.163. The molecular weight excluding hydrogens is 186 g/mol. The van der Waals surface area contributed by atoms with Gasteiger partial charge in [0.25, 0.3) is 0 Å². The van der Waals surface area contributed by atoms with Gasteiger partial charge < -0.3 is 10.1 Å². The van der Waals surface area contributed by atoms with Crippen LogP contribution in [0.4, 0.5) is 0 Å². The van der Waals surface area contributed by atoms with E-state index in [0.29, 0.717) is 6.04 Å². The summed E-state index contributed by atoms with van der Waals surface area (Å²) >= 11 is 0. The van der Waals surface area contributed by atoms with E-state index in [-0.39, 0.29) is 0 Å². The van der Waals surface area contributed by atoms with Gasteiger partial charge in [-0.3, -0.25) is 0 Å². The number of hydrogen-bond donors (Lipinski definition) is 1. The molecule has 2 heteroatoms. The Labute approximate surface area is 93.8 Å². The van der Waals surface area contributed by atoms with Crippen LogP contribution in [0.25, 0.3) is 0 Å². The minimum Gasteiger partial charge on any atom is -0.381 e. The van der Waals surface area contributed by atoms with Crippen molar-refractivity contribution in [3.8, 4) is 0 Å². The normalized spacial score (nSPS) is 30.4. The summed E-state index contributed by atoms with van der Waals surface area (Å²) in [6, 6.07) is 0.708. The molecule has 1 N–H and O–H groups in total. The van der Waals surface area contributed by atoms with Crippen molar-refractivity contribution in [3.05, 3.63) is 0 Å². The molecule has 0 aromatic carbocycles. The molecule has 15 heavy (non-hydrogen) atoms. The first-order valence-corrected chi connectivity index (χ1v) is 6.64. The molecule has 2 aliphatic rings. The Morgan fingerprint density at radius 3 is 2.60 bits per heavy atom. The summed E-state index contributed by atoms with van der Waals surface area (Å²) in [5, 5.41) is 3.75. The molecule has 1 aliphatic heterocycles. The molecule has 1 aliphatic carbocycles. The Kier molecular flexibility index (Phi) is 4.04. The van der Waals surface area contributed by atoms with E-state index >= 15 is 0 Å². The zero-order valence-electron chi connectivity index (χ0n) is 10.2. The summed E-state index contributed by atoms with van der Waals surface area (Å²) in [6.07, 6.45) is 5.41. The average molecular weight is 211 g/mol. The Hall–Kier alpha value is -0.0800. The minimum atomic E-state index is 0.708. The maximum Gasteiger partial charge on any atom is 0.0510 e. The Morgan fingerprint density at radius 2 is 2.07 bits per heavy atom. The van der Waals surface area contributed by atoms with Crippen molar-refractivity contribution >= 4 is 0 Å². The Morgan fingerprint density at radius 1 is 1.27 bits per heavy atom. The van der Waals surface area contributed by atoms with E-state index in [2.05, 4.69) is 19.2 Å². The molecule has 2 nitrogen and oxygen atoms in total. The first-order chi connectivity index (χ1) is 7.33. The van der Waals surface area contributed by atoms with Crippen LogP contribution in [0.15, 0.2) is 0 Å². The molecule has 0 bridgehead atoms. The van der Waals surface area contributed by atoms with Gasteiger partial charge >= 0.3 is 0 Å². The van der Waals surface area contributed by atoms with E-state index in [1.807, 2.05) is 0 Å². The third-order valence-corrected chi connectivity index (χ3v) is 4.03. The van der Waals surface area contributed by atoms with Crippen molar-refractivity contribution in [2.75, 3.05) is 19.8 Å². The molecule has 2 rings (SSSR count). The van der Waals surface area contributed by atoms with Crippen molar-refractivity contribution in [3.63, 3.8) is 0 Å². The molecule has 3 atom stereocenters. The predicted molar refractivity (Wildman–Crippen MR) is 62.9 cm³/mol. The van der Waals surface area contributed by atoms with Gasteiger partial charge in [-0.05, 0) is 44.1 Å². The molecule has 3 unspecified atom stereocenters. The summed E-state index contributed by atoms with van der Waals surface area (Å²) in [6.45, 7) is 7.81. The fraction of sp³-hybridized carbons (Fsp3) is 1.00. The largest absolute Gasteiger partial charge is 0.381 e. The highest BCUT2D eigenvalue weighted by molar-refractivity contribution is 4.91. The number of nitrogens with one attached hydrogen (secondary N) is 1. The van der Waals surface area contributed by atoms with Crippen LogP contribution in [0, 0.1) is 17.8 Å². The van der Waals surface area contributed by atoms with Crippen molar-refractivity contribution < 1.29 is 4.74 Å². The van der Waals surface area contributed by atoms with Crippen LogP contribution < -0.4 is 5.32 Å². The Bertz CT molecular complexity index is 183. The van der Waals surface area contributed by atoms with Gasteiger partial charge in [0, 0.05) is 18.6 Å². The topological polar surface area (TPSA) is 21.3 Å². The van der Waals surface area contributed by atoms with Gasteiger partial charge in [-0.2, -0.15) is 0 Å². The summed E-state index contributed by atoms with van der Waals surface area (Å²) < 4.78 is 5.53. The summed E-state index contributed by atoms with van der Waals surface area (Å²) in [7, 11) is 0. The van der Waals surface area contributed by atoms with Crippen LogP contribution in [0.3, 0.4) is 0 Å². The maximum absolute atomic E-state index is 5.53. The molecule has 2 fully saturated rings. The van der Waals surface area contributed by atoms with Gasteiger partial charge in [-0.1, -0.05) is 13.8 Å². The quantitative estimate of drug-likeness (QED) is 0.728. The van der Waals surface area contributed by atoms with Crippen molar-refractivity contribution in [1.82, 2.24) is 5.32 Å². The van der Waals surface area contributed by atoms with E-state index in [9.17, 15) is 0 Å². The fourth-order valence-corrected chi connectivity index (χ4v) is 2.84. The molecule has 0 radical (unpaired) electrons. The third kappa shape index (κ3) is 2.94. The SMILES string of the molecule is CCCNC(C1CCOC1)C(C)C1CC1. The zero-order chi connectivity index (χ0) is 10.7. The molecule has 0 aromatic rings. The maximum atomic E-state index is 5.53. The molecule has 1 heterocycles. The van der Waals surface area contributed by atoms with E-state index in [1.54, 1.807) is 0 Å². The molecule has 1 saturated heterocycles. The van der Waals surface area contributed by atoms with Crippen molar-refractivity contribution in [2.24, 2.45) is 17.8 Å². The van der Waals surface area contributed by atoms with E-state index in [0.717, 1.165) is 37.5 Å². The second-order valence-corrected chi connectivity index (χ2v) is 5.30. The van der Waals surface area contributed by atoms with Crippen molar-refractivity contribution in [1.29, 1.82) is 0 Å². The van der Waals surface area contributed by atoms with E-state index in [4.69, 9.17) is 4.74 Å². The van der Waals surface area contributed by atoms with Gasteiger partial charge in [0.2, 0.25) is 0 Å². The zero-order valence-corrected chi connectivity index (χ0v) is 10.2. The second kappa shape index (κ2) is 5.31. The summed E-state index contributed by atoms with van der Waals surface area (Å²) in [4.78, 5) is 0. The van der Waals surface area contributed by atoms with Gasteiger partial charge in [0.1, 0.15) is 0 Å². The van der Waals surface area contributed by atoms with Crippen LogP contribution in [0.1, 0.15) is 39.5 Å². The number of ether oxygens (including phenoxy) is 1. The summed E-state index contributed by atoms with van der Waals surface area (Å²) in [5.74, 6) is 2.62. The third-order valence-electron chi connectivity index (χ3n) is 4.03. The molecular formula is C13H25NO. The highest BCUT2D eigenvalue weighted by atomic mass is 16.5. The lowest BCUT2D eigenvalue weighted by atomic mass is 9.85. The van der Waals surface area contributed by atoms with E-state index < -0.39 is 0 Å². The minimum absolute atomic E-state index is 0.708. The molecule has 0 spiro atoms. The molecule has 1 saturated carbocycles. The van der Waals surface area contributed by atoms with Gasteiger partial charge in [-0.25, -0.2) is 0 Å². The predicted octanol–water partition coefficient (Wildman–Crippen LogP) is 2.44. The highest BCUT2D eigenvalue weighted by Gasteiger charge is 2.37. The van der Waals surface area contributed by atoms with Crippen LogP contribution in [-0.2, 0) is 4.74 Å². The highest BCUT2D eigenvalue weighted by Crippen LogP contribution is 2.40. The average Bonchev–Trinajstić information content (AvgIpc) is 2.97.